The van der Waals surface area contributed by atoms with Gasteiger partial charge in [0, 0.05) is 13.6 Å². The zero-order valence-corrected chi connectivity index (χ0v) is 10.8. The summed E-state index contributed by atoms with van der Waals surface area (Å²) in [7, 11) is 1.57. The molecular formula is C12H21N3O3. The lowest BCUT2D eigenvalue weighted by molar-refractivity contribution is -0.147. The van der Waals surface area contributed by atoms with Gasteiger partial charge in [-0.15, -0.1) is 0 Å². The molecule has 6 nitrogen and oxygen atoms in total. The van der Waals surface area contributed by atoms with Crippen LogP contribution < -0.4 is 10.6 Å². The Morgan fingerprint density at radius 3 is 2.83 bits per heavy atom. The maximum atomic E-state index is 12.1. The molecule has 0 aromatic carbocycles. The Labute approximate surface area is 107 Å². The van der Waals surface area contributed by atoms with Crippen molar-refractivity contribution in [1.29, 1.82) is 0 Å². The molecule has 1 aliphatic heterocycles. The second-order valence-corrected chi connectivity index (χ2v) is 4.87. The molecule has 1 atom stereocenters. The van der Waals surface area contributed by atoms with Gasteiger partial charge >= 0.3 is 0 Å². The Hall–Kier alpha value is -1.14. The van der Waals surface area contributed by atoms with Gasteiger partial charge < -0.3 is 20.3 Å². The van der Waals surface area contributed by atoms with Crippen LogP contribution in [0.15, 0.2) is 0 Å². The van der Waals surface area contributed by atoms with Crippen molar-refractivity contribution in [3.63, 3.8) is 0 Å². The van der Waals surface area contributed by atoms with Crippen LogP contribution in [0.1, 0.15) is 12.8 Å². The predicted octanol–water partition coefficient (Wildman–Crippen LogP) is -1.04. The molecule has 0 radical (unpaired) electrons. The lowest BCUT2D eigenvalue weighted by Crippen LogP contribution is -2.57. The molecule has 1 unspecified atom stereocenters. The third-order valence-corrected chi connectivity index (χ3v) is 3.40. The van der Waals surface area contributed by atoms with Crippen molar-refractivity contribution in [2.24, 2.45) is 5.92 Å². The van der Waals surface area contributed by atoms with Gasteiger partial charge in [-0.25, -0.2) is 0 Å². The Morgan fingerprint density at radius 2 is 2.17 bits per heavy atom. The Morgan fingerprint density at radius 1 is 1.39 bits per heavy atom. The van der Waals surface area contributed by atoms with Crippen molar-refractivity contribution in [2.45, 2.75) is 18.9 Å². The number of amides is 2. The summed E-state index contributed by atoms with van der Waals surface area (Å²) < 4.78 is 5.26. The second-order valence-electron chi connectivity index (χ2n) is 4.87. The highest BCUT2D eigenvalue weighted by Gasteiger charge is 2.32. The molecule has 2 amide bonds. The van der Waals surface area contributed by atoms with Crippen LogP contribution in [0.3, 0.4) is 0 Å². The largest absolute Gasteiger partial charge is 0.377 e. The Kier molecular flexibility index (Phi) is 4.54. The smallest absolute Gasteiger partial charge is 0.244 e. The van der Waals surface area contributed by atoms with Crippen molar-refractivity contribution in [2.75, 3.05) is 39.9 Å². The average molecular weight is 255 g/mol. The normalized spacial score (nSPS) is 23.8. The number of carbonyl (C=O) groups is 2. The first kappa shape index (κ1) is 13.3. The fraction of sp³-hybridized carbons (Fsp3) is 0.833. The van der Waals surface area contributed by atoms with E-state index in [1.807, 2.05) is 0 Å². The maximum absolute atomic E-state index is 12.1. The number of carbonyl (C=O) groups excluding carboxylic acids is 2. The van der Waals surface area contributed by atoms with Crippen LogP contribution in [0.25, 0.3) is 0 Å². The first-order chi connectivity index (χ1) is 8.72. The van der Waals surface area contributed by atoms with E-state index in [1.54, 1.807) is 11.9 Å². The van der Waals surface area contributed by atoms with Gasteiger partial charge in [-0.05, 0) is 25.3 Å². The van der Waals surface area contributed by atoms with Gasteiger partial charge in [0.2, 0.25) is 11.8 Å². The SMILES string of the molecule is CNC(=O)C1COCCN1C(=O)CNCC1CC1. The molecule has 1 saturated carbocycles. The molecule has 0 bridgehead atoms. The van der Waals surface area contributed by atoms with Crippen LogP contribution in [0.4, 0.5) is 0 Å². The molecule has 0 aromatic heterocycles. The summed E-state index contributed by atoms with van der Waals surface area (Å²) in [6, 6.07) is -0.487. The fourth-order valence-electron chi connectivity index (χ4n) is 2.09. The molecule has 6 heteroatoms. The monoisotopic (exact) mass is 255 g/mol. The van der Waals surface area contributed by atoms with E-state index in [4.69, 9.17) is 4.74 Å². The summed E-state index contributed by atoms with van der Waals surface area (Å²) in [6.07, 6.45) is 2.53. The number of nitrogens with zero attached hydrogens (tertiary/aromatic N) is 1. The van der Waals surface area contributed by atoms with E-state index in [0.29, 0.717) is 19.7 Å². The van der Waals surface area contributed by atoms with Gasteiger partial charge in [0.25, 0.3) is 0 Å². The lowest BCUT2D eigenvalue weighted by atomic mass is 10.2. The van der Waals surface area contributed by atoms with Gasteiger partial charge in [-0.2, -0.15) is 0 Å². The van der Waals surface area contributed by atoms with Gasteiger partial charge in [0.1, 0.15) is 6.04 Å². The minimum Gasteiger partial charge on any atom is -0.377 e. The highest BCUT2D eigenvalue weighted by Crippen LogP contribution is 2.27. The summed E-state index contributed by atoms with van der Waals surface area (Å²) in [4.78, 5) is 25.3. The van der Waals surface area contributed by atoms with Crippen LogP contribution in [-0.4, -0.2) is 62.7 Å². The standard InChI is InChI=1S/C12H21N3O3/c1-13-12(17)10-8-18-5-4-15(10)11(16)7-14-6-9-2-3-9/h9-10,14H,2-8H2,1H3,(H,13,17). The fourth-order valence-corrected chi connectivity index (χ4v) is 2.09. The van der Waals surface area contributed by atoms with Crippen LogP contribution >= 0.6 is 0 Å². The van der Waals surface area contributed by atoms with Gasteiger partial charge in [-0.1, -0.05) is 0 Å². The molecule has 1 heterocycles. The lowest BCUT2D eigenvalue weighted by Gasteiger charge is -2.34. The molecule has 2 N–H and O–H groups in total. The first-order valence-corrected chi connectivity index (χ1v) is 6.52. The molecule has 2 fully saturated rings. The first-order valence-electron chi connectivity index (χ1n) is 6.52. The molecule has 2 rings (SSSR count). The number of hydrogen-bond donors (Lipinski definition) is 2. The maximum Gasteiger partial charge on any atom is 0.244 e. The third kappa shape index (κ3) is 3.43. The van der Waals surface area contributed by atoms with E-state index in [-0.39, 0.29) is 18.4 Å². The minimum absolute atomic E-state index is 0.0208. The Balaban J connectivity index is 1.82. The molecule has 102 valence electrons. The predicted molar refractivity (Wildman–Crippen MR) is 66.0 cm³/mol. The summed E-state index contributed by atoms with van der Waals surface area (Å²) in [5.41, 5.74) is 0. The van der Waals surface area contributed by atoms with Crippen molar-refractivity contribution in [1.82, 2.24) is 15.5 Å². The van der Waals surface area contributed by atoms with E-state index in [0.717, 1.165) is 12.5 Å². The van der Waals surface area contributed by atoms with E-state index < -0.39 is 6.04 Å². The van der Waals surface area contributed by atoms with Crippen molar-refractivity contribution < 1.29 is 14.3 Å². The van der Waals surface area contributed by atoms with Crippen molar-refractivity contribution >= 4 is 11.8 Å². The van der Waals surface area contributed by atoms with Gasteiger partial charge in [0.15, 0.2) is 0 Å². The minimum atomic E-state index is -0.487. The number of likely N-dealkylation sites (N-methyl/N-ethyl adjacent to an activating group) is 1. The van der Waals surface area contributed by atoms with Crippen LogP contribution in [-0.2, 0) is 14.3 Å². The molecule has 0 aromatic rings. The molecule has 0 spiro atoms. The number of hydrogen-bond acceptors (Lipinski definition) is 4. The molecule has 2 aliphatic rings. The summed E-state index contributed by atoms with van der Waals surface area (Å²) in [5.74, 6) is 0.565. The van der Waals surface area contributed by atoms with Crippen LogP contribution in [0.5, 0.6) is 0 Å². The Bertz CT molecular complexity index is 318. The molecule has 1 aliphatic carbocycles. The summed E-state index contributed by atoms with van der Waals surface area (Å²) in [5, 5.41) is 5.73. The van der Waals surface area contributed by atoms with Crippen molar-refractivity contribution in [3.05, 3.63) is 0 Å². The molecule has 18 heavy (non-hydrogen) atoms. The third-order valence-electron chi connectivity index (χ3n) is 3.40. The van der Waals surface area contributed by atoms with Crippen LogP contribution in [0.2, 0.25) is 0 Å². The highest BCUT2D eigenvalue weighted by atomic mass is 16.5. The number of ether oxygens (including phenoxy) is 1. The molecule has 1 saturated heterocycles. The average Bonchev–Trinajstić information content (AvgIpc) is 3.22. The van der Waals surface area contributed by atoms with Gasteiger partial charge in [-0.3, -0.25) is 9.59 Å². The second kappa shape index (κ2) is 6.15. The zero-order chi connectivity index (χ0) is 13.0. The number of nitrogens with one attached hydrogen (secondary N) is 2. The zero-order valence-electron chi connectivity index (χ0n) is 10.8. The summed E-state index contributed by atoms with van der Waals surface area (Å²) in [6.45, 7) is 2.49. The number of rotatable bonds is 5. The van der Waals surface area contributed by atoms with Crippen molar-refractivity contribution in [3.8, 4) is 0 Å². The molecular weight excluding hydrogens is 234 g/mol. The van der Waals surface area contributed by atoms with E-state index in [2.05, 4.69) is 10.6 Å². The van der Waals surface area contributed by atoms with Gasteiger partial charge in [0.05, 0.1) is 19.8 Å². The van der Waals surface area contributed by atoms with E-state index >= 15 is 0 Å². The number of morpholine rings is 1. The van der Waals surface area contributed by atoms with E-state index in [1.165, 1.54) is 12.8 Å². The topological polar surface area (TPSA) is 70.7 Å². The van der Waals surface area contributed by atoms with Crippen LogP contribution in [0, 0.1) is 5.92 Å². The highest BCUT2D eigenvalue weighted by molar-refractivity contribution is 5.88. The quantitative estimate of drug-likeness (QED) is 0.658. The summed E-state index contributed by atoms with van der Waals surface area (Å²) >= 11 is 0. The van der Waals surface area contributed by atoms with E-state index in [9.17, 15) is 9.59 Å².